The van der Waals surface area contributed by atoms with Crippen LogP contribution >= 0.6 is 0 Å². The second-order valence-electron chi connectivity index (χ2n) is 24.9. The van der Waals surface area contributed by atoms with Gasteiger partial charge in [-0.05, 0) is 162 Å². The van der Waals surface area contributed by atoms with Gasteiger partial charge in [-0.15, -0.1) is 0 Å². The molecule has 0 saturated heterocycles. The highest BCUT2D eigenvalue weighted by Crippen LogP contribution is 2.56. The Bertz CT molecular complexity index is 4940. The average Bonchev–Trinajstić information content (AvgIpc) is 1.55. The molecule has 0 amide bonds. The lowest BCUT2D eigenvalue weighted by atomic mass is 9.81. The molecule has 0 bridgehead atoms. The molecule has 0 aliphatic heterocycles. The van der Waals surface area contributed by atoms with Crippen molar-refractivity contribution in [3.8, 4) is 55.6 Å². The third-order valence-corrected chi connectivity index (χ3v) is 18.4. The molecule has 13 aromatic carbocycles. The van der Waals surface area contributed by atoms with Crippen LogP contribution < -0.4 is 9.80 Å². The summed E-state index contributed by atoms with van der Waals surface area (Å²) in [4.78, 5) is 4.96. The summed E-state index contributed by atoms with van der Waals surface area (Å²) in [5.41, 5.74) is 26.1. The quantitative estimate of drug-likeness (QED) is 0.135. The molecule has 0 spiro atoms. The maximum absolute atomic E-state index is 2.62. The van der Waals surface area contributed by atoms with Crippen LogP contribution in [0.2, 0.25) is 0 Å². The van der Waals surface area contributed by atoms with E-state index in [0.29, 0.717) is 0 Å². The van der Waals surface area contributed by atoms with Gasteiger partial charge in [0.2, 0.25) is 0 Å². The summed E-state index contributed by atoms with van der Waals surface area (Å²) in [6.45, 7) is 11.8. The molecule has 0 radical (unpaired) electrons. The van der Waals surface area contributed by atoms with E-state index in [4.69, 9.17) is 0 Å². The fourth-order valence-corrected chi connectivity index (χ4v) is 14.1. The van der Waals surface area contributed by atoms with Gasteiger partial charge in [-0.25, -0.2) is 0 Å². The standard InChI is InChI=1S/C83H63N3/c1-82(2,3)62-38-46-76-73(52-62)79-77(85(65-36-20-32-60(50-65)56-26-14-8-15-27-56)66-37-21-33-61(51-66)57-28-16-9-17-29-57)47-44-71-70-42-41-68-69(80(70)86(76)81(71)79)43-45-74-78(68)72-40-39-67(53-75(72)83(74,4)5)84(63-34-18-30-58(48-63)54-22-10-6-11-23-54)64-35-19-31-59(49-64)55-24-12-7-13-25-55/h6-53H,1-5H3. The molecule has 3 heteroatoms. The number of fused-ring (bicyclic) bond motifs is 12. The number of anilines is 6. The van der Waals surface area contributed by atoms with Crippen LogP contribution in [0.5, 0.6) is 0 Å². The van der Waals surface area contributed by atoms with Crippen LogP contribution in [0.1, 0.15) is 51.3 Å². The smallest absolute Gasteiger partial charge is 0.0641 e. The highest BCUT2D eigenvalue weighted by molar-refractivity contribution is 6.31. The van der Waals surface area contributed by atoms with Crippen molar-refractivity contribution in [3.05, 3.63) is 308 Å². The van der Waals surface area contributed by atoms with Crippen LogP contribution in [0.3, 0.4) is 0 Å². The molecule has 0 fully saturated rings. The van der Waals surface area contributed by atoms with E-state index in [0.717, 1.165) is 34.1 Å². The first-order valence-electron chi connectivity index (χ1n) is 30.1. The number of aromatic nitrogens is 1. The average molecular weight is 1100 g/mol. The van der Waals surface area contributed by atoms with Gasteiger partial charge in [-0.1, -0.05) is 247 Å². The third kappa shape index (κ3) is 8.25. The van der Waals surface area contributed by atoms with Crippen molar-refractivity contribution in [2.24, 2.45) is 0 Å². The van der Waals surface area contributed by atoms with Gasteiger partial charge in [-0.3, -0.25) is 0 Å². The van der Waals surface area contributed by atoms with Crippen molar-refractivity contribution >= 4 is 83.0 Å². The predicted octanol–water partition coefficient (Wildman–Crippen LogP) is 23.2. The maximum atomic E-state index is 2.62. The van der Waals surface area contributed by atoms with Crippen LogP contribution in [0.15, 0.2) is 291 Å². The van der Waals surface area contributed by atoms with Gasteiger partial charge in [0.15, 0.2) is 0 Å². The lowest BCUT2D eigenvalue weighted by Crippen LogP contribution is -2.16. The topological polar surface area (TPSA) is 10.9 Å². The van der Waals surface area contributed by atoms with Crippen LogP contribution in [0.4, 0.5) is 34.1 Å². The molecule has 1 aliphatic rings. The Labute approximate surface area is 503 Å². The highest BCUT2D eigenvalue weighted by atomic mass is 15.2. The zero-order valence-corrected chi connectivity index (χ0v) is 49.1. The Hall–Kier alpha value is -10.5. The first kappa shape index (κ1) is 51.2. The summed E-state index contributed by atoms with van der Waals surface area (Å²) in [5.74, 6) is 0. The second kappa shape index (κ2) is 19.8. The molecule has 0 N–H and O–H groups in total. The van der Waals surface area contributed by atoms with Crippen LogP contribution in [0.25, 0.3) is 105 Å². The fourth-order valence-electron chi connectivity index (χ4n) is 14.1. The van der Waals surface area contributed by atoms with Crippen molar-refractivity contribution in [1.29, 1.82) is 0 Å². The number of hydrogen-bond acceptors (Lipinski definition) is 2. The number of hydrogen-bond donors (Lipinski definition) is 0. The lowest BCUT2D eigenvalue weighted by Gasteiger charge is -2.29. The second-order valence-corrected chi connectivity index (χ2v) is 24.9. The summed E-state index contributed by atoms with van der Waals surface area (Å²) in [5, 5.41) is 7.54. The van der Waals surface area contributed by atoms with E-state index in [2.05, 4.69) is 340 Å². The number of benzene rings is 13. The summed E-state index contributed by atoms with van der Waals surface area (Å²) in [6, 6.07) is 108. The molecular formula is C83H63N3. The van der Waals surface area contributed by atoms with Gasteiger partial charge in [0, 0.05) is 60.8 Å². The zero-order valence-electron chi connectivity index (χ0n) is 49.1. The van der Waals surface area contributed by atoms with Gasteiger partial charge >= 0.3 is 0 Å². The molecule has 15 aromatic rings. The Morgan fingerprint density at radius 2 is 0.733 bits per heavy atom. The number of nitrogens with zero attached hydrogens (tertiary/aromatic N) is 3. The van der Waals surface area contributed by atoms with Crippen molar-refractivity contribution in [2.75, 3.05) is 9.80 Å². The van der Waals surface area contributed by atoms with Gasteiger partial charge in [0.05, 0.1) is 22.2 Å². The van der Waals surface area contributed by atoms with E-state index >= 15 is 0 Å². The van der Waals surface area contributed by atoms with Crippen molar-refractivity contribution in [2.45, 2.75) is 45.4 Å². The van der Waals surface area contributed by atoms with Gasteiger partial charge < -0.3 is 14.2 Å². The molecule has 410 valence electrons. The van der Waals surface area contributed by atoms with Gasteiger partial charge in [0.1, 0.15) is 0 Å². The van der Waals surface area contributed by atoms with Crippen molar-refractivity contribution in [1.82, 2.24) is 4.40 Å². The van der Waals surface area contributed by atoms with Crippen LogP contribution in [-0.2, 0) is 10.8 Å². The first-order valence-corrected chi connectivity index (χ1v) is 30.1. The normalized spacial score (nSPS) is 12.8. The number of rotatable bonds is 10. The lowest BCUT2D eigenvalue weighted by molar-refractivity contribution is 0.591. The molecule has 1 aliphatic carbocycles. The van der Waals surface area contributed by atoms with Crippen molar-refractivity contribution in [3.63, 3.8) is 0 Å². The predicted molar refractivity (Wildman–Crippen MR) is 366 cm³/mol. The minimum Gasteiger partial charge on any atom is -0.310 e. The molecule has 16 rings (SSSR count). The van der Waals surface area contributed by atoms with E-state index in [-0.39, 0.29) is 10.8 Å². The Morgan fingerprint density at radius 1 is 0.314 bits per heavy atom. The SMILES string of the molecule is CC(C)(C)c1ccc2c(c1)c1c(N(c3cccc(-c4ccccc4)c3)c3cccc(-c4ccccc4)c3)ccc3c4ccc5c6c(ccc5c4n2c31)C(C)(C)c1cc(N(c2cccc(-c3ccccc3)c2)c2cccc(-c3ccccc3)c2)ccc1-6. The van der Waals surface area contributed by atoms with Crippen LogP contribution in [-0.4, -0.2) is 4.40 Å². The Morgan fingerprint density at radius 3 is 1.23 bits per heavy atom. The molecular weight excluding hydrogens is 1040 g/mol. The first-order chi connectivity index (χ1) is 42.0. The molecule has 86 heavy (non-hydrogen) atoms. The van der Waals surface area contributed by atoms with Crippen molar-refractivity contribution < 1.29 is 0 Å². The van der Waals surface area contributed by atoms with Gasteiger partial charge in [0.25, 0.3) is 0 Å². The highest BCUT2D eigenvalue weighted by Gasteiger charge is 2.38. The van der Waals surface area contributed by atoms with E-state index in [1.165, 1.54) is 121 Å². The summed E-state index contributed by atoms with van der Waals surface area (Å²) < 4.78 is 2.62. The molecule has 0 unspecified atom stereocenters. The maximum Gasteiger partial charge on any atom is 0.0641 e. The van der Waals surface area contributed by atoms with Gasteiger partial charge in [-0.2, -0.15) is 0 Å². The largest absolute Gasteiger partial charge is 0.310 e. The Kier molecular flexibility index (Phi) is 11.8. The molecule has 0 saturated carbocycles. The zero-order chi connectivity index (χ0) is 57.8. The molecule has 3 nitrogen and oxygen atoms in total. The molecule has 2 heterocycles. The molecule has 0 atom stereocenters. The van der Waals surface area contributed by atoms with E-state index in [1.807, 2.05) is 0 Å². The van der Waals surface area contributed by atoms with E-state index < -0.39 is 0 Å². The summed E-state index contributed by atoms with van der Waals surface area (Å²) >= 11 is 0. The Balaban J connectivity index is 0.909. The third-order valence-electron chi connectivity index (χ3n) is 18.4. The minimum absolute atomic E-state index is 0.0706. The monoisotopic (exact) mass is 1100 g/mol. The summed E-state index contributed by atoms with van der Waals surface area (Å²) in [7, 11) is 0. The summed E-state index contributed by atoms with van der Waals surface area (Å²) in [6.07, 6.45) is 0. The minimum atomic E-state index is -0.287. The van der Waals surface area contributed by atoms with Crippen LogP contribution in [0, 0.1) is 0 Å². The van der Waals surface area contributed by atoms with E-state index in [1.54, 1.807) is 0 Å². The fraction of sp³-hybridized carbons (Fsp3) is 0.0843. The van der Waals surface area contributed by atoms with E-state index in [9.17, 15) is 0 Å². The molecule has 2 aromatic heterocycles.